The van der Waals surface area contributed by atoms with Crippen molar-refractivity contribution in [3.63, 3.8) is 0 Å². The van der Waals surface area contributed by atoms with Gasteiger partial charge in [-0.25, -0.2) is 0 Å². The molecular weight excluding hydrogens is 288 g/mol. The molecular formula is C19H16N2O2. The lowest BCUT2D eigenvalue weighted by Gasteiger charge is -2.31. The molecule has 0 radical (unpaired) electrons. The normalized spacial score (nSPS) is 25.2. The van der Waals surface area contributed by atoms with Crippen LogP contribution in [-0.2, 0) is 16.6 Å². The number of fused-ring (bicyclic) bond motifs is 4. The van der Waals surface area contributed by atoms with Crippen molar-refractivity contribution in [2.75, 3.05) is 0 Å². The van der Waals surface area contributed by atoms with Gasteiger partial charge in [0.2, 0.25) is 5.90 Å². The number of carbonyl (C=O) groups excluding carboxylic acids is 1. The zero-order valence-corrected chi connectivity index (χ0v) is 12.6. The van der Waals surface area contributed by atoms with Gasteiger partial charge < -0.3 is 5.11 Å². The Hall–Kier alpha value is -2.49. The summed E-state index contributed by atoms with van der Waals surface area (Å²) < 4.78 is 0. The first kappa shape index (κ1) is 13.0. The Morgan fingerprint density at radius 1 is 1.13 bits per heavy atom. The topological polar surface area (TPSA) is 62.5 Å². The molecule has 0 saturated heterocycles. The van der Waals surface area contributed by atoms with Gasteiger partial charge in [0.15, 0.2) is 0 Å². The van der Waals surface area contributed by atoms with Crippen molar-refractivity contribution in [1.82, 2.24) is 4.98 Å². The minimum Gasteiger partial charge on any atom is -0.493 e. The average molecular weight is 304 g/mol. The third-order valence-electron chi connectivity index (χ3n) is 5.38. The second-order valence-corrected chi connectivity index (χ2v) is 6.71. The number of aliphatic hydroxyl groups excluding tert-OH is 1. The molecule has 1 saturated carbocycles. The summed E-state index contributed by atoms with van der Waals surface area (Å²) in [6.07, 6.45) is 3.83. The minimum absolute atomic E-state index is 0.199. The summed E-state index contributed by atoms with van der Waals surface area (Å²) in [5.41, 5.74) is 3.71. The number of nitrogens with zero attached hydrogens (tertiary/aromatic N) is 2. The molecule has 1 unspecified atom stereocenters. The molecule has 1 N–H and O–H groups in total. The lowest BCUT2D eigenvalue weighted by atomic mass is 9.74. The lowest BCUT2D eigenvalue weighted by Crippen LogP contribution is -2.40. The summed E-state index contributed by atoms with van der Waals surface area (Å²) in [5.74, 6) is 0.0212. The highest BCUT2D eigenvalue weighted by Crippen LogP contribution is 2.48. The quantitative estimate of drug-likeness (QED) is 0.881. The monoisotopic (exact) mass is 304 g/mol. The second kappa shape index (κ2) is 4.28. The Kier molecular flexibility index (Phi) is 2.42. The number of hydrogen-bond acceptors (Lipinski definition) is 2. The molecule has 1 aromatic heterocycles. The highest BCUT2D eigenvalue weighted by Gasteiger charge is 2.52. The van der Waals surface area contributed by atoms with E-state index in [2.05, 4.69) is 11.1 Å². The molecule has 23 heavy (non-hydrogen) atoms. The summed E-state index contributed by atoms with van der Waals surface area (Å²) in [5, 5.41) is 10.2. The highest BCUT2D eigenvalue weighted by molar-refractivity contribution is 6.10. The number of aromatic nitrogens is 1. The first-order valence-electron chi connectivity index (χ1n) is 8.12. The molecule has 2 heterocycles. The van der Waals surface area contributed by atoms with Gasteiger partial charge in [-0.2, -0.15) is 4.99 Å². The van der Waals surface area contributed by atoms with Crippen molar-refractivity contribution in [1.29, 1.82) is 0 Å². The van der Waals surface area contributed by atoms with Crippen LogP contribution < -0.4 is 0 Å². The zero-order chi connectivity index (χ0) is 15.6. The van der Waals surface area contributed by atoms with Crippen molar-refractivity contribution in [2.45, 2.75) is 37.0 Å². The van der Waals surface area contributed by atoms with E-state index in [1.54, 1.807) is 0 Å². The van der Waals surface area contributed by atoms with Crippen LogP contribution >= 0.6 is 0 Å². The fourth-order valence-electron chi connectivity index (χ4n) is 4.02. The predicted molar refractivity (Wildman–Crippen MR) is 85.9 cm³/mol. The molecule has 1 amide bonds. The standard InChI is InChI=1S/C19H16N2O2/c22-17-13-7-8-15(12-5-6-12)20-16(13)19(18(23)21-17)10-9-11-3-1-2-4-14(11)19/h1-4,7-8,12H,5-6,9-10H2,(H,21,22,23). The molecule has 4 heteroatoms. The summed E-state index contributed by atoms with van der Waals surface area (Å²) in [6.45, 7) is 0. The van der Waals surface area contributed by atoms with Gasteiger partial charge in [-0.3, -0.25) is 9.78 Å². The van der Waals surface area contributed by atoms with E-state index in [4.69, 9.17) is 4.98 Å². The van der Waals surface area contributed by atoms with Crippen LogP contribution in [0.3, 0.4) is 0 Å². The molecule has 1 fully saturated rings. The number of pyridine rings is 1. The molecule has 2 aromatic rings. The van der Waals surface area contributed by atoms with Crippen LogP contribution in [0.1, 0.15) is 53.3 Å². The number of aliphatic imine (C=N–C) groups is 1. The van der Waals surface area contributed by atoms with E-state index in [-0.39, 0.29) is 11.8 Å². The predicted octanol–water partition coefficient (Wildman–Crippen LogP) is 3.04. The van der Waals surface area contributed by atoms with Crippen LogP contribution in [-0.4, -0.2) is 21.9 Å². The highest BCUT2D eigenvalue weighted by atomic mass is 16.3. The SMILES string of the molecule is O=C1N=C(O)c2ccc(C3CC3)nc2C12CCc1ccccc12. The summed E-state index contributed by atoms with van der Waals surface area (Å²) in [6, 6.07) is 11.9. The lowest BCUT2D eigenvalue weighted by molar-refractivity contribution is -0.122. The fraction of sp³-hybridized carbons (Fsp3) is 0.316. The number of carbonyl (C=O) groups is 1. The van der Waals surface area contributed by atoms with E-state index in [0.717, 1.165) is 30.5 Å². The number of benzene rings is 1. The van der Waals surface area contributed by atoms with Gasteiger partial charge in [0.05, 0.1) is 11.3 Å². The van der Waals surface area contributed by atoms with Crippen LogP contribution in [0.15, 0.2) is 41.4 Å². The van der Waals surface area contributed by atoms with Crippen molar-refractivity contribution in [3.8, 4) is 0 Å². The molecule has 1 aliphatic heterocycles. The van der Waals surface area contributed by atoms with Crippen LogP contribution in [0.25, 0.3) is 0 Å². The molecule has 4 nitrogen and oxygen atoms in total. The first-order valence-corrected chi connectivity index (χ1v) is 8.12. The van der Waals surface area contributed by atoms with Crippen LogP contribution in [0.4, 0.5) is 0 Å². The smallest absolute Gasteiger partial charge is 0.265 e. The van der Waals surface area contributed by atoms with Gasteiger partial charge in [0.1, 0.15) is 5.41 Å². The number of aliphatic hydroxyl groups is 1. The second-order valence-electron chi connectivity index (χ2n) is 6.71. The van der Waals surface area contributed by atoms with E-state index >= 15 is 0 Å². The van der Waals surface area contributed by atoms with Crippen LogP contribution in [0.5, 0.6) is 0 Å². The average Bonchev–Trinajstić information content (AvgIpc) is 3.34. The first-order chi connectivity index (χ1) is 11.2. The van der Waals surface area contributed by atoms with Gasteiger partial charge in [0.25, 0.3) is 5.91 Å². The number of amides is 1. The summed E-state index contributed by atoms with van der Waals surface area (Å²) in [7, 11) is 0. The van der Waals surface area contributed by atoms with Crippen molar-refractivity contribution in [2.24, 2.45) is 4.99 Å². The Balaban J connectivity index is 1.81. The molecule has 5 rings (SSSR count). The number of aryl methyl sites for hydroxylation is 1. The van der Waals surface area contributed by atoms with E-state index in [1.807, 2.05) is 30.3 Å². The van der Waals surface area contributed by atoms with E-state index in [1.165, 1.54) is 5.56 Å². The third kappa shape index (κ3) is 1.63. The maximum Gasteiger partial charge on any atom is 0.265 e. The van der Waals surface area contributed by atoms with Crippen molar-refractivity contribution >= 4 is 11.8 Å². The van der Waals surface area contributed by atoms with Crippen molar-refractivity contribution in [3.05, 3.63) is 64.5 Å². The van der Waals surface area contributed by atoms with Crippen LogP contribution in [0, 0.1) is 0 Å². The maximum atomic E-state index is 12.9. The Bertz CT molecular complexity index is 883. The molecule has 1 atom stereocenters. The van der Waals surface area contributed by atoms with Crippen molar-refractivity contribution < 1.29 is 9.90 Å². The third-order valence-corrected chi connectivity index (χ3v) is 5.38. The molecule has 3 aliphatic rings. The zero-order valence-electron chi connectivity index (χ0n) is 12.6. The van der Waals surface area contributed by atoms with E-state index in [0.29, 0.717) is 23.6 Å². The van der Waals surface area contributed by atoms with Gasteiger partial charge in [-0.15, -0.1) is 0 Å². The molecule has 114 valence electrons. The maximum absolute atomic E-state index is 12.9. The minimum atomic E-state index is -0.816. The number of rotatable bonds is 1. The largest absolute Gasteiger partial charge is 0.493 e. The van der Waals surface area contributed by atoms with Gasteiger partial charge in [-0.05, 0) is 48.9 Å². The summed E-state index contributed by atoms with van der Waals surface area (Å²) >= 11 is 0. The van der Waals surface area contributed by atoms with Gasteiger partial charge >= 0.3 is 0 Å². The molecule has 1 spiro atoms. The van der Waals surface area contributed by atoms with Gasteiger partial charge in [-0.1, -0.05) is 24.3 Å². The van der Waals surface area contributed by atoms with Crippen LogP contribution in [0.2, 0.25) is 0 Å². The summed E-state index contributed by atoms with van der Waals surface area (Å²) in [4.78, 5) is 21.7. The van der Waals surface area contributed by atoms with E-state index in [9.17, 15) is 9.90 Å². The van der Waals surface area contributed by atoms with Gasteiger partial charge in [0, 0.05) is 11.6 Å². The fourth-order valence-corrected chi connectivity index (χ4v) is 4.02. The van der Waals surface area contributed by atoms with E-state index < -0.39 is 5.41 Å². The Labute approximate surface area is 133 Å². The molecule has 0 bridgehead atoms. The molecule has 1 aromatic carbocycles. The number of hydrogen-bond donors (Lipinski definition) is 1. The Morgan fingerprint density at radius 3 is 2.78 bits per heavy atom. The Morgan fingerprint density at radius 2 is 1.96 bits per heavy atom. The molecule has 2 aliphatic carbocycles.